The Kier molecular flexibility index (Phi) is 10.5. The molecule has 7 nitrogen and oxygen atoms in total. The Bertz CT molecular complexity index is 1260. The Balaban J connectivity index is 1.21. The van der Waals surface area contributed by atoms with Gasteiger partial charge in [0.25, 0.3) is 0 Å². The first-order valence-electron chi connectivity index (χ1n) is 12.4. The van der Waals surface area contributed by atoms with Crippen molar-refractivity contribution < 1.29 is 9.59 Å². The summed E-state index contributed by atoms with van der Waals surface area (Å²) in [7, 11) is 1.75. The maximum atomic E-state index is 12.6. The molecule has 1 unspecified atom stereocenters. The van der Waals surface area contributed by atoms with Crippen molar-refractivity contribution in [3.8, 4) is 11.3 Å². The van der Waals surface area contributed by atoms with Crippen molar-refractivity contribution in [1.29, 1.82) is 0 Å². The number of likely N-dealkylation sites (N-methyl/N-ethyl adjacent to an activating group) is 1. The van der Waals surface area contributed by atoms with Crippen LogP contribution in [-0.4, -0.2) is 59.7 Å². The van der Waals surface area contributed by atoms with E-state index in [1.165, 1.54) is 23.1 Å². The second-order valence-corrected chi connectivity index (χ2v) is 12.1. The number of halogens is 2. The van der Waals surface area contributed by atoms with E-state index in [1.54, 1.807) is 7.05 Å². The number of hydrogen-bond donors (Lipinski definition) is 3. The highest BCUT2D eigenvalue weighted by Crippen LogP contribution is 2.30. The predicted octanol–water partition coefficient (Wildman–Crippen LogP) is 5.54. The predicted molar refractivity (Wildman–Crippen MR) is 158 cm³/mol. The highest BCUT2D eigenvalue weighted by Gasteiger charge is 2.21. The number of hydrogen-bond acceptors (Lipinski definition) is 7. The Morgan fingerprint density at radius 1 is 1.16 bits per heavy atom. The van der Waals surface area contributed by atoms with Crippen molar-refractivity contribution in [2.75, 3.05) is 31.2 Å². The number of anilines is 1. The second kappa shape index (κ2) is 13.8. The van der Waals surface area contributed by atoms with Gasteiger partial charge in [-0.25, -0.2) is 4.98 Å². The van der Waals surface area contributed by atoms with Gasteiger partial charge < -0.3 is 16.0 Å². The fourth-order valence-electron chi connectivity index (χ4n) is 4.12. The summed E-state index contributed by atoms with van der Waals surface area (Å²) >= 11 is 15.1. The molecule has 1 atom stereocenters. The molecule has 0 spiro atoms. The third kappa shape index (κ3) is 8.18. The normalized spacial score (nSPS) is 15.3. The number of nitrogens with one attached hydrogen (secondary N) is 3. The molecule has 1 aromatic heterocycles. The summed E-state index contributed by atoms with van der Waals surface area (Å²) in [5.74, 6) is 0.259. The number of benzene rings is 2. The monoisotopic (exact) mass is 591 g/mol. The van der Waals surface area contributed by atoms with E-state index in [9.17, 15) is 9.59 Å². The molecule has 3 N–H and O–H groups in total. The average Bonchev–Trinajstić information content (AvgIpc) is 3.40. The van der Waals surface area contributed by atoms with Gasteiger partial charge in [-0.2, -0.15) is 0 Å². The molecule has 4 rings (SSSR count). The first-order valence-corrected chi connectivity index (χ1v) is 15.1. The molecule has 0 radical (unpaired) electrons. The number of nitrogens with zero attached hydrogens (tertiary/aromatic N) is 2. The number of aromatic nitrogens is 1. The quantitative estimate of drug-likeness (QED) is 0.268. The van der Waals surface area contributed by atoms with Crippen molar-refractivity contribution in [1.82, 2.24) is 20.5 Å². The van der Waals surface area contributed by atoms with Gasteiger partial charge in [0.2, 0.25) is 11.8 Å². The van der Waals surface area contributed by atoms with E-state index in [1.807, 2.05) is 54.8 Å². The Morgan fingerprint density at radius 2 is 1.95 bits per heavy atom. The minimum absolute atomic E-state index is 0.0260. The Hall–Kier alpha value is -2.14. The summed E-state index contributed by atoms with van der Waals surface area (Å²) < 4.78 is 0.838. The first-order chi connectivity index (χ1) is 18.3. The lowest BCUT2D eigenvalue weighted by Crippen LogP contribution is -2.44. The molecule has 2 heterocycles. The zero-order valence-corrected chi connectivity index (χ0v) is 24.4. The molecule has 0 bridgehead atoms. The summed E-state index contributed by atoms with van der Waals surface area (Å²) in [6.45, 7) is 4.47. The number of rotatable bonds is 10. The molecule has 1 saturated heterocycles. The molecule has 11 heteroatoms. The van der Waals surface area contributed by atoms with Gasteiger partial charge in [0, 0.05) is 42.3 Å². The summed E-state index contributed by atoms with van der Waals surface area (Å²) in [6, 6.07) is 13.3. The molecule has 202 valence electrons. The van der Waals surface area contributed by atoms with Crippen molar-refractivity contribution in [2.45, 2.75) is 42.7 Å². The van der Waals surface area contributed by atoms with Crippen LogP contribution in [0.2, 0.25) is 10.0 Å². The number of piperidine rings is 1. The van der Waals surface area contributed by atoms with E-state index in [-0.39, 0.29) is 23.9 Å². The highest BCUT2D eigenvalue weighted by molar-refractivity contribution is 8.01. The minimum atomic E-state index is -0.284. The van der Waals surface area contributed by atoms with Gasteiger partial charge in [-0.1, -0.05) is 53.2 Å². The number of amides is 2. The first kappa shape index (κ1) is 28.9. The highest BCUT2D eigenvalue weighted by atomic mass is 35.5. The summed E-state index contributed by atoms with van der Waals surface area (Å²) in [4.78, 5) is 31.8. The van der Waals surface area contributed by atoms with Crippen molar-refractivity contribution in [3.63, 3.8) is 0 Å². The van der Waals surface area contributed by atoms with E-state index in [0.29, 0.717) is 15.8 Å². The molecular formula is C27H31Cl2N5O2S2. The van der Waals surface area contributed by atoms with Crippen LogP contribution in [0.25, 0.3) is 11.3 Å². The molecule has 2 aromatic carbocycles. The van der Waals surface area contributed by atoms with Crippen LogP contribution in [0.1, 0.15) is 25.3 Å². The lowest BCUT2D eigenvalue weighted by atomic mass is 10.0. The maximum absolute atomic E-state index is 12.6. The fourth-order valence-corrected chi connectivity index (χ4v) is 6.09. The van der Waals surface area contributed by atoms with E-state index >= 15 is 0 Å². The zero-order chi connectivity index (χ0) is 27.1. The minimum Gasteiger partial charge on any atom is -0.353 e. The fraction of sp³-hybridized carbons (Fsp3) is 0.370. The van der Waals surface area contributed by atoms with E-state index < -0.39 is 0 Å². The van der Waals surface area contributed by atoms with Crippen LogP contribution in [0.3, 0.4) is 0 Å². The van der Waals surface area contributed by atoms with Crippen molar-refractivity contribution in [2.24, 2.45) is 0 Å². The second-order valence-electron chi connectivity index (χ2n) is 9.23. The van der Waals surface area contributed by atoms with Gasteiger partial charge >= 0.3 is 0 Å². The Morgan fingerprint density at radius 3 is 2.68 bits per heavy atom. The van der Waals surface area contributed by atoms with Gasteiger partial charge in [-0.05, 0) is 56.6 Å². The number of thioether (sulfide) groups is 1. The van der Waals surface area contributed by atoms with Gasteiger partial charge in [-0.3, -0.25) is 14.5 Å². The van der Waals surface area contributed by atoms with Crippen LogP contribution in [0.5, 0.6) is 0 Å². The molecular weight excluding hydrogens is 561 g/mol. The standard InChI is InChI=1S/C27H31Cl2N5O2S2/c1-17(30-2)26(36)32-21-5-3-4-19(13-21)24-15-37-27(33-24)38-16-25(35)31-20-8-10-34(11-9-20)14-18-6-7-22(28)23(29)12-18/h3-7,12-13,15,17,20,30H,8-11,14,16H2,1-2H3,(H,31,35)(H,32,36). The third-order valence-electron chi connectivity index (χ3n) is 6.40. The smallest absolute Gasteiger partial charge is 0.241 e. The topological polar surface area (TPSA) is 86.4 Å². The van der Waals surface area contributed by atoms with Crippen molar-refractivity contribution in [3.05, 3.63) is 63.5 Å². The van der Waals surface area contributed by atoms with Crippen LogP contribution in [0.15, 0.2) is 52.2 Å². The molecule has 38 heavy (non-hydrogen) atoms. The van der Waals surface area contributed by atoms with Crippen LogP contribution in [0, 0.1) is 0 Å². The molecule has 1 aliphatic heterocycles. The average molecular weight is 593 g/mol. The molecule has 1 aliphatic rings. The van der Waals surface area contributed by atoms with Gasteiger partial charge in [0.05, 0.1) is 27.5 Å². The molecule has 0 aliphatic carbocycles. The molecule has 0 saturated carbocycles. The largest absolute Gasteiger partial charge is 0.353 e. The summed E-state index contributed by atoms with van der Waals surface area (Å²) in [6.07, 6.45) is 1.83. The van der Waals surface area contributed by atoms with Crippen LogP contribution in [0.4, 0.5) is 5.69 Å². The van der Waals surface area contributed by atoms with E-state index in [4.69, 9.17) is 23.2 Å². The van der Waals surface area contributed by atoms with Crippen LogP contribution >= 0.6 is 46.3 Å². The number of carbonyl (C=O) groups excluding carboxylic acids is 2. The summed E-state index contributed by atoms with van der Waals surface area (Å²) in [5.41, 5.74) is 3.60. The SMILES string of the molecule is CNC(C)C(=O)Nc1cccc(-c2csc(SCC(=O)NC3CCN(Cc4ccc(Cl)c(Cl)c4)CC3)n2)c1. The van der Waals surface area contributed by atoms with Crippen molar-refractivity contribution >= 4 is 63.8 Å². The third-order valence-corrected chi connectivity index (χ3v) is 9.16. The van der Waals surface area contributed by atoms with Gasteiger partial charge in [0.15, 0.2) is 4.34 Å². The molecule has 2 amide bonds. The van der Waals surface area contributed by atoms with Crippen LogP contribution in [-0.2, 0) is 16.1 Å². The maximum Gasteiger partial charge on any atom is 0.241 e. The number of likely N-dealkylation sites (tertiary alicyclic amines) is 1. The van der Waals surface area contributed by atoms with Crippen LogP contribution < -0.4 is 16.0 Å². The lowest BCUT2D eigenvalue weighted by Gasteiger charge is -2.32. The summed E-state index contributed by atoms with van der Waals surface area (Å²) in [5, 5.41) is 12.1. The molecule has 1 fully saturated rings. The number of thiazole rings is 1. The molecule has 3 aromatic rings. The zero-order valence-electron chi connectivity index (χ0n) is 21.3. The van der Waals surface area contributed by atoms with E-state index in [2.05, 4.69) is 25.8 Å². The lowest BCUT2D eigenvalue weighted by molar-refractivity contribution is -0.119. The van der Waals surface area contributed by atoms with Gasteiger partial charge in [-0.15, -0.1) is 11.3 Å². The van der Waals surface area contributed by atoms with E-state index in [0.717, 1.165) is 59.3 Å². The number of carbonyl (C=O) groups is 2. The Labute approximate surface area is 241 Å². The van der Waals surface area contributed by atoms with Gasteiger partial charge in [0.1, 0.15) is 0 Å².